The maximum Gasteiger partial charge on any atom is 0.242 e. The van der Waals surface area contributed by atoms with Crippen LogP contribution in [0.25, 0.3) is 11.4 Å². The molecule has 3 aromatic rings. The Morgan fingerprint density at radius 2 is 1.94 bits per heavy atom. The molecular weight excluding hydrogens is 430 g/mol. The molecule has 1 fully saturated rings. The topological polar surface area (TPSA) is 122 Å². The fourth-order valence-corrected chi connectivity index (χ4v) is 4.37. The smallest absolute Gasteiger partial charge is 0.242 e. The zero-order valence-electron chi connectivity index (χ0n) is 17.9. The van der Waals surface area contributed by atoms with Gasteiger partial charge in [-0.3, -0.25) is 4.79 Å². The summed E-state index contributed by atoms with van der Waals surface area (Å²) in [6.07, 6.45) is 2.16. The van der Waals surface area contributed by atoms with E-state index in [1.54, 1.807) is 18.2 Å². The monoisotopic (exact) mass is 455 g/mol. The van der Waals surface area contributed by atoms with Crippen molar-refractivity contribution in [2.75, 3.05) is 26.0 Å². The highest BCUT2D eigenvalue weighted by molar-refractivity contribution is 7.89. The van der Waals surface area contributed by atoms with Crippen LogP contribution in [0, 0.1) is 0 Å². The Balaban J connectivity index is 1.37. The number of hydrogen-bond acceptors (Lipinski definition) is 7. The summed E-state index contributed by atoms with van der Waals surface area (Å²) in [7, 11) is -0.638. The van der Waals surface area contributed by atoms with Crippen LogP contribution >= 0.6 is 0 Å². The van der Waals surface area contributed by atoms with Crippen LogP contribution in [0.5, 0.6) is 0 Å². The Morgan fingerprint density at radius 1 is 1.16 bits per heavy atom. The molecule has 32 heavy (non-hydrogen) atoms. The molecule has 168 valence electrons. The van der Waals surface area contributed by atoms with Crippen molar-refractivity contribution < 1.29 is 13.2 Å². The van der Waals surface area contributed by atoms with Gasteiger partial charge < -0.3 is 10.6 Å². The molecule has 0 bridgehead atoms. The van der Waals surface area contributed by atoms with Crippen molar-refractivity contribution in [1.82, 2.24) is 29.8 Å². The van der Waals surface area contributed by atoms with Crippen LogP contribution in [0.15, 0.2) is 53.4 Å². The molecular formula is C21H25N7O3S. The summed E-state index contributed by atoms with van der Waals surface area (Å²) in [6, 6.07) is 14.6. The SMILES string of the molecule is CN(C)S(=O)(=O)c1ccccc1CNC(=O)CNc1cccc(-c2nnnn2C2CC2)c1. The van der Waals surface area contributed by atoms with Crippen molar-refractivity contribution in [1.29, 1.82) is 0 Å². The molecule has 1 saturated carbocycles. The first-order chi connectivity index (χ1) is 15.4. The van der Waals surface area contributed by atoms with Crippen LogP contribution in [0.3, 0.4) is 0 Å². The maximum atomic E-state index is 12.5. The highest BCUT2D eigenvalue weighted by Crippen LogP contribution is 2.36. The number of carbonyl (C=O) groups is 1. The van der Waals surface area contributed by atoms with Crippen LogP contribution in [0.4, 0.5) is 5.69 Å². The normalized spacial score (nSPS) is 13.8. The van der Waals surface area contributed by atoms with E-state index in [-0.39, 0.29) is 23.9 Å². The molecule has 10 nitrogen and oxygen atoms in total. The summed E-state index contributed by atoms with van der Waals surface area (Å²) < 4.78 is 28.0. The van der Waals surface area contributed by atoms with E-state index in [1.807, 2.05) is 28.9 Å². The third kappa shape index (κ3) is 4.78. The number of nitrogens with zero attached hydrogens (tertiary/aromatic N) is 5. The molecule has 11 heteroatoms. The van der Waals surface area contributed by atoms with Gasteiger partial charge in [-0.1, -0.05) is 30.3 Å². The molecule has 1 aliphatic rings. The van der Waals surface area contributed by atoms with E-state index in [2.05, 4.69) is 26.2 Å². The number of benzene rings is 2. The van der Waals surface area contributed by atoms with E-state index in [1.165, 1.54) is 20.2 Å². The second kappa shape index (κ2) is 9.05. The fourth-order valence-electron chi connectivity index (χ4n) is 3.25. The molecule has 1 heterocycles. The predicted molar refractivity (Wildman–Crippen MR) is 119 cm³/mol. The molecule has 0 saturated heterocycles. The Kier molecular flexibility index (Phi) is 6.19. The van der Waals surface area contributed by atoms with Gasteiger partial charge in [-0.2, -0.15) is 0 Å². The van der Waals surface area contributed by atoms with Gasteiger partial charge in [-0.25, -0.2) is 17.4 Å². The molecule has 0 atom stereocenters. The summed E-state index contributed by atoms with van der Waals surface area (Å²) in [5.74, 6) is 0.453. The van der Waals surface area contributed by atoms with Gasteiger partial charge in [-0.05, 0) is 47.0 Å². The van der Waals surface area contributed by atoms with Crippen LogP contribution < -0.4 is 10.6 Å². The first-order valence-corrected chi connectivity index (χ1v) is 11.7. The largest absolute Gasteiger partial charge is 0.376 e. The van der Waals surface area contributed by atoms with Gasteiger partial charge in [-0.15, -0.1) is 5.10 Å². The van der Waals surface area contributed by atoms with Gasteiger partial charge in [0.25, 0.3) is 0 Å². The predicted octanol–water partition coefficient (Wildman–Crippen LogP) is 1.65. The minimum absolute atomic E-state index is 0.0413. The summed E-state index contributed by atoms with van der Waals surface area (Å²) in [6.45, 7) is 0.152. The minimum atomic E-state index is -3.59. The summed E-state index contributed by atoms with van der Waals surface area (Å²) in [4.78, 5) is 12.6. The number of carbonyl (C=O) groups excluding carboxylic acids is 1. The lowest BCUT2D eigenvalue weighted by Gasteiger charge is -2.15. The molecule has 1 aliphatic carbocycles. The molecule has 0 spiro atoms. The van der Waals surface area contributed by atoms with Crippen molar-refractivity contribution in [3.63, 3.8) is 0 Å². The molecule has 0 unspecified atom stereocenters. The van der Waals surface area contributed by atoms with Gasteiger partial charge in [0.2, 0.25) is 15.9 Å². The van der Waals surface area contributed by atoms with Crippen LogP contribution in [0.2, 0.25) is 0 Å². The number of nitrogens with one attached hydrogen (secondary N) is 2. The van der Waals surface area contributed by atoms with E-state index in [9.17, 15) is 13.2 Å². The van der Waals surface area contributed by atoms with E-state index in [4.69, 9.17) is 0 Å². The number of sulfonamides is 1. The third-order valence-electron chi connectivity index (χ3n) is 5.17. The van der Waals surface area contributed by atoms with Crippen molar-refractivity contribution in [3.05, 3.63) is 54.1 Å². The van der Waals surface area contributed by atoms with Gasteiger partial charge in [0, 0.05) is 31.9 Å². The van der Waals surface area contributed by atoms with Crippen molar-refractivity contribution in [2.45, 2.75) is 30.3 Å². The van der Waals surface area contributed by atoms with Crippen molar-refractivity contribution >= 4 is 21.6 Å². The number of tetrazole rings is 1. The quantitative estimate of drug-likeness (QED) is 0.503. The molecule has 1 amide bonds. The van der Waals surface area contributed by atoms with Crippen molar-refractivity contribution in [2.24, 2.45) is 0 Å². The summed E-state index contributed by atoms with van der Waals surface area (Å²) in [5, 5.41) is 17.9. The van der Waals surface area contributed by atoms with E-state index in [0.29, 0.717) is 17.4 Å². The van der Waals surface area contributed by atoms with Gasteiger partial charge >= 0.3 is 0 Å². The Labute approximate surface area is 186 Å². The zero-order chi connectivity index (χ0) is 22.7. The second-order valence-corrected chi connectivity index (χ2v) is 9.90. The number of aromatic nitrogens is 4. The van der Waals surface area contributed by atoms with Gasteiger partial charge in [0.15, 0.2) is 5.82 Å². The number of hydrogen-bond donors (Lipinski definition) is 2. The summed E-state index contributed by atoms with van der Waals surface area (Å²) >= 11 is 0. The van der Waals surface area contributed by atoms with Crippen molar-refractivity contribution in [3.8, 4) is 11.4 Å². The molecule has 4 rings (SSSR count). The molecule has 1 aromatic heterocycles. The Hall–Kier alpha value is -3.31. The highest BCUT2D eigenvalue weighted by atomic mass is 32.2. The summed E-state index contributed by atoms with van der Waals surface area (Å²) in [5.41, 5.74) is 2.16. The average molecular weight is 456 g/mol. The second-order valence-electron chi connectivity index (χ2n) is 7.78. The number of amides is 1. The van der Waals surface area contributed by atoms with Crippen LogP contribution in [-0.2, 0) is 21.4 Å². The first kappa shape index (κ1) is 21.9. The molecule has 2 aromatic carbocycles. The Bertz CT molecular complexity index is 1220. The average Bonchev–Trinajstić information content (AvgIpc) is 3.52. The van der Waals surface area contributed by atoms with E-state index < -0.39 is 10.0 Å². The van der Waals surface area contributed by atoms with Gasteiger partial charge in [0.05, 0.1) is 17.5 Å². The van der Waals surface area contributed by atoms with Crippen LogP contribution in [0.1, 0.15) is 24.4 Å². The lowest BCUT2D eigenvalue weighted by molar-refractivity contribution is -0.119. The lowest BCUT2D eigenvalue weighted by atomic mass is 10.2. The molecule has 0 aliphatic heterocycles. The maximum absolute atomic E-state index is 12.5. The standard InChI is InChI=1S/C21H25N7O3S/c1-27(2)32(30,31)19-9-4-3-6-16(19)13-23-20(29)14-22-17-8-5-7-15(12-17)21-24-25-26-28(21)18-10-11-18/h3-9,12,18,22H,10-11,13-14H2,1-2H3,(H,23,29). The van der Waals surface area contributed by atoms with Crippen LogP contribution in [-0.4, -0.2) is 59.5 Å². The molecule has 0 radical (unpaired) electrons. The highest BCUT2D eigenvalue weighted by Gasteiger charge is 2.28. The van der Waals surface area contributed by atoms with Gasteiger partial charge in [0.1, 0.15) is 0 Å². The lowest BCUT2D eigenvalue weighted by Crippen LogP contribution is -2.30. The first-order valence-electron chi connectivity index (χ1n) is 10.3. The minimum Gasteiger partial charge on any atom is -0.376 e. The fraction of sp³-hybridized carbons (Fsp3) is 0.333. The number of rotatable bonds is 9. The molecule has 2 N–H and O–H groups in total. The number of anilines is 1. The van der Waals surface area contributed by atoms with E-state index in [0.717, 1.165) is 28.4 Å². The zero-order valence-corrected chi connectivity index (χ0v) is 18.7. The Morgan fingerprint density at radius 3 is 2.69 bits per heavy atom. The third-order valence-corrected chi connectivity index (χ3v) is 7.08. The van der Waals surface area contributed by atoms with E-state index >= 15 is 0 Å².